The van der Waals surface area contributed by atoms with Crippen LogP contribution in [0.3, 0.4) is 0 Å². The second kappa shape index (κ2) is 33.2. The number of Topliss-reactive ketones (excluding diaryl/α,β-unsaturated/α-hetero) is 1. The summed E-state index contributed by atoms with van der Waals surface area (Å²) in [5.74, 6) is -3.36. The number of likely N-dealkylation sites (N-methyl/N-ethyl adjacent to an activating group) is 3. The lowest BCUT2D eigenvalue weighted by Crippen LogP contribution is -2.47. The number of aliphatic carboxylic acids is 5. The van der Waals surface area contributed by atoms with E-state index in [0.717, 1.165) is 97.2 Å². The first-order valence-electron chi connectivity index (χ1n) is 22.8. The smallest absolute Gasteiger partial charge is 0.323 e. The normalized spacial score (nSPS) is 26.6. The number of nitrogens with zero attached hydrogens (tertiary/aromatic N) is 7. The number of ketones is 1. The van der Waals surface area contributed by atoms with Crippen molar-refractivity contribution < 1.29 is 68.5 Å². The van der Waals surface area contributed by atoms with E-state index in [1.807, 2.05) is 38.0 Å². The number of hydrogen-bond donors (Lipinski definition) is 5. The Morgan fingerprint density at radius 3 is 1.28 bits per heavy atom. The molecular formula is C44H83N7O14. The average Bonchev–Trinajstić information content (AvgIpc) is 3.92. The van der Waals surface area contributed by atoms with E-state index in [2.05, 4.69) is 21.7 Å². The molecule has 7 rings (SSSR count). The summed E-state index contributed by atoms with van der Waals surface area (Å²) in [5, 5.41) is 42.8. The molecule has 21 heteroatoms. The van der Waals surface area contributed by atoms with Crippen molar-refractivity contribution in [2.75, 3.05) is 148 Å². The molecule has 0 aromatic rings. The topological polar surface area (TPSA) is 254 Å². The number of carboxylic acid groups (broad SMARTS) is 5. The van der Waals surface area contributed by atoms with Gasteiger partial charge < -0.3 is 59.3 Å². The molecule has 0 saturated carbocycles. The predicted octanol–water partition coefficient (Wildman–Crippen LogP) is 0.760. The van der Waals surface area contributed by atoms with Crippen LogP contribution >= 0.6 is 0 Å². The molecule has 7 aliphatic rings. The third-order valence-electron chi connectivity index (χ3n) is 12.5. The van der Waals surface area contributed by atoms with Crippen LogP contribution in [-0.4, -0.2) is 268 Å². The molecule has 0 aromatic carbocycles. The molecule has 378 valence electrons. The van der Waals surface area contributed by atoms with Crippen molar-refractivity contribution in [2.45, 2.75) is 88.4 Å². The maximum absolute atomic E-state index is 10.6. The number of carbonyl (C=O) groups is 6. The van der Waals surface area contributed by atoms with Gasteiger partial charge in [-0.15, -0.1) is 0 Å². The molecule has 7 fully saturated rings. The second-order valence-electron chi connectivity index (χ2n) is 17.9. The summed E-state index contributed by atoms with van der Waals surface area (Å²) >= 11 is 0. The standard InChI is InChI=1S/2C7H13NO2.C7H15NO.C6H11NO3.C6H11NO2.C6H11NO.C5H9NO3/c1-8-4-2-6(3-5-8)7(9)10;1-8-5-3-2-4-6(8)7(9)10;1-8-5-3-7(9-2)4-6-8;1-7-2-3-10-4-5(7)6(8)9;1-7-3-2-5(4-7)6(8)9;1-7-4-2-6(8)3-5-7;1-6-3-9-2-4(6)5(7)8/h2*6H,2-5H2,1H3,(H,9,10);7H,3-6H2,1-2H3;5H,2-4H2,1H3,(H,8,9);5H,2-4H2,1H3,(H,8,9);2-5H2,1H3;4H,2-3H2,1H3,(H,7,8). The highest BCUT2D eigenvalue weighted by Crippen LogP contribution is 2.16. The second-order valence-corrected chi connectivity index (χ2v) is 17.9. The molecule has 0 bridgehead atoms. The van der Waals surface area contributed by atoms with Crippen LogP contribution in [0.25, 0.3) is 0 Å². The number of methoxy groups -OCH3 is 1. The highest BCUT2D eigenvalue weighted by atomic mass is 16.5. The molecule has 7 heterocycles. The lowest BCUT2D eigenvalue weighted by atomic mass is 9.98. The van der Waals surface area contributed by atoms with Gasteiger partial charge in [-0.1, -0.05) is 6.42 Å². The Balaban J connectivity index is 0.000000380. The average molecular weight is 934 g/mol. The van der Waals surface area contributed by atoms with Crippen LogP contribution in [0.5, 0.6) is 0 Å². The molecule has 7 aliphatic heterocycles. The van der Waals surface area contributed by atoms with Crippen molar-refractivity contribution >= 4 is 35.6 Å². The minimum Gasteiger partial charge on any atom is -0.481 e. The van der Waals surface area contributed by atoms with Gasteiger partial charge in [0.05, 0.1) is 44.5 Å². The van der Waals surface area contributed by atoms with Crippen molar-refractivity contribution in [1.29, 1.82) is 0 Å². The van der Waals surface area contributed by atoms with Gasteiger partial charge in [-0.3, -0.25) is 43.5 Å². The van der Waals surface area contributed by atoms with Crippen LogP contribution < -0.4 is 0 Å². The van der Waals surface area contributed by atoms with Gasteiger partial charge in [0.25, 0.3) is 0 Å². The molecule has 21 nitrogen and oxygen atoms in total. The fourth-order valence-corrected chi connectivity index (χ4v) is 7.60. The van der Waals surface area contributed by atoms with E-state index < -0.39 is 41.9 Å². The van der Waals surface area contributed by atoms with Gasteiger partial charge in [-0.05, 0) is 120 Å². The fraction of sp³-hybridized carbons (Fsp3) is 0.864. The van der Waals surface area contributed by atoms with Gasteiger partial charge >= 0.3 is 29.8 Å². The number of likely N-dealkylation sites (tertiary alicyclic amines) is 5. The Labute approximate surface area is 386 Å². The van der Waals surface area contributed by atoms with E-state index in [4.69, 9.17) is 39.7 Å². The number of carbonyl (C=O) groups excluding carboxylic acids is 1. The summed E-state index contributed by atoms with van der Waals surface area (Å²) < 4.78 is 15.1. The molecule has 0 aromatic heterocycles. The third kappa shape index (κ3) is 25.9. The molecule has 4 unspecified atom stereocenters. The zero-order valence-corrected chi connectivity index (χ0v) is 40.5. The monoisotopic (exact) mass is 934 g/mol. The Hall–Kier alpha value is -3.38. The van der Waals surface area contributed by atoms with Crippen molar-refractivity contribution in [1.82, 2.24) is 34.3 Å². The molecule has 5 N–H and O–H groups in total. The number of morpholine rings is 1. The number of rotatable bonds is 6. The molecule has 0 radical (unpaired) electrons. The van der Waals surface area contributed by atoms with Crippen LogP contribution in [0.4, 0.5) is 0 Å². The van der Waals surface area contributed by atoms with Gasteiger partial charge in [-0.2, -0.15) is 0 Å². The molecule has 4 atom stereocenters. The minimum absolute atomic E-state index is 0.0869. The maximum Gasteiger partial charge on any atom is 0.323 e. The summed E-state index contributed by atoms with van der Waals surface area (Å²) in [6.45, 7) is 11.1. The Bertz CT molecular complexity index is 1360. The van der Waals surface area contributed by atoms with Crippen LogP contribution in [0, 0.1) is 11.8 Å². The van der Waals surface area contributed by atoms with Gasteiger partial charge in [0.1, 0.15) is 23.9 Å². The van der Waals surface area contributed by atoms with E-state index in [-0.39, 0.29) is 17.9 Å². The number of hydrogen-bond acceptors (Lipinski definition) is 16. The first kappa shape index (κ1) is 59.6. The van der Waals surface area contributed by atoms with Crippen molar-refractivity contribution in [3.63, 3.8) is 0 Å². The Kier molecular flexibility index (Phi) is 30.4. The quantitative estimate of drug-likeness (QED) is 0.247. The van der Waals surface area contributed by atoms with Gasteiger partial charge in [0.2, 0.25) is 0 Å². The van der Waals surface area contributed by atoms with Crippen LogP contribution in [0.2, 0.25) is 0 Å². The van der Waals surface area contributed by atoms with Gasteiger partial charge in [0.15, 0.2) is 0 Å². The molecule has 7 saturated heterocycles. The Morgan fingerprint density at radius 1 is 0.492 bits per heavy atom. The number of piperidine rings is 4. The number of carboxylic acids is 5. The van der Waals surface area contributed by atoms with Gasteiger partial charge in [-0.25, -0.2) is 0 Å². The van der Waals surface area contributed by atoms with Crippen molar-refractivity contribution in [2.24, 2.45) is 11.8 Å². The van der Waals surface area contributed by atoms with E-state index in [1.54, 1.807) is 31.0 Å². The SMILES string of the molecule is CN1CCC(=O)CC1.CN1CCC(C(=O)O)C1.CN1CCC(C(=O)O)CC1.CN1CCCCC1C(=O)O.CN1CCOCC1C(=O)O.CN1COCC1C(=O)O.COC1CCN(C)CC1. The van der Waals surface area contributed by atoms with Crippen molar-refractivity contribution in [3.8, 4) is 0 Å². The van der Waals surface area contributed by atoms with E-state index in [1.165, 1.54) is 25.9 Å². The molecule has 0 amide bonds. The Morgan fingerprint density at radius 2 is 0.938 bits per heavy atom. The molecule has 0 aliphatic carbocycles. The van der Waals surface area contributed by atoms with E-state index in [0.29, 0.717) is 45.0 Å². The van der Waals surface area contributed by atoms with E-state index in [9.17, 15) is 28.8 Å². The third-order valence-corrected chi connectivity index (χ3v) is 12.5. The molecular weight excluding hydrogens is 851 g/mol. The highest BCUT2D eigenvalue weighted by Gasteiger charge is 2.29. The van der Waals surface area contributed by atoms with Crippen LogP contribution in [0.15, 0.2) is 0 Å². The summed E-state index contributed by atoms with van der Waals surface area (Å²) in [6, 6.07) is -1.12. The van der Waals surface area contributed by atoms with Gasteiger partial charge in [0, 0.05) is 59.2 Å². The summed E-state index contributed by atoms with van der Waals surface area (Å²) in [5.41, 5.74) is 0. The fourth-order valence-electron chi connectivity index (χ4n) is 7.60. The largest absolute Gasteiger partial charge is 0.481 e. The lowest BCUT2D eigenvalue weighted by molar-refractivity contribution is -0.148. The summed E-state index contributed by atoms with van der Waals surface area (Å²) in [4.78, 5) is 76.7. The first-order chi connectivity index (χ1) is 30.7. The zero-order chi connectivity index (χ0) is 49.1. The minimum atomic E-state index is -0.810. The molecule has 0 spiro atoms. The maximum atomic E-state index is 10.6. The zero-order valence-electron chi connectivity index (χ0n) is 40.5. The van der Waals surface area contributed by atoms with Crippen LogP contribution in [0.1, 0.15) is 64.2 Å². The van der Waals surface area contributed by atoms with Crippen molar-refractivity contribution in [3.05, 3.63) is 0 Å². The summed E-state index contributed by atoms with van der Waals surface area (Å²) in [6.07, 6.45) is 9.89. The van der Waals surface area contributed by atoms with E-state index >= 15 is 0 Å². The first-order valence-corrected chi connectivity index (χ1v) is 22.8. The lowest BCUT2D eigenvalue weighted by Gasteiger charge is -2.28. The van der Waals surface area contributed by atoms with Crippen LogP contribution in [-0.2, 0) is 43.0 Å². The predicted molar refractivity (Wildman–Crippen MR) is 243 cm³/mol. The molecule has 65 heavy (non-hydrogen) atoms. The number of ether oxygens (including phenoxy) is 3. The summed E-state index contributed by atoms with van der Waals surface area (Å²) in [7, 11) is 15.4. The highest BCUT2D eigenvalue weighted by molar-refractivity contribution is 5.79.